The number of amides is 1. The predicted octanol–water partition coefficient (Wildman–Crippen LogP) is 7.27. The van der Waals surface area contributed by atoms with Gasteiger partial charge < -0.3 is 9.64 Å². The van der Waals surface area contributed by atoms with Gasteiger partial charge in [-0.2, -0.15) is 0 Å². The Hall–Kier alpha value is -3.99. The van der Waals surface area contributed by atoms with Crippen molar-refractivity contribution < 1.29 is 18.3 Å². The fourth-order valence-electron chi connectivity index (χ4n) is 4.78. The number of ether oxygens (including phenoxy) is 1. The summed E-state index contributed by atoms with van der Waals surface area (Å²) in [5, 5.41) is 0. The number of benzene rings is 4. The van der Waals surface area contributed by atoms with Gasteiger partial charge in [0, 0.05) is 5.69 Å². The number of halogens is 2. The average molecular weight is 484 g/mol. The van der Waals surface area contributed by atoms with Crippen LogP contribution in [0.5, 0.6) is 5.75 Å². The molecule has 4 aromatic carbocycles. The van der Waals surface area contributed by atoms with Crippen molar-refractivity contribution >= 4 is 11.6 Å². The van der Waals surface area contributed by atoms with Crippen molar-refractivity contribution in [3.05, 3.63) is 131 Å². The summed E-state index contributed by atoms with van der Waals surface area (Å²) in [4.78, 5) is 15.0. The molecular formula is C31H27F2NO2. The Morgan fingerprint density at radius 2 is 1.36 bits per heavy atom. The second kappa shape index (κ2) is 10.7. The number of aryl methyl sites for hydroxylation is 1. The molecule has 182 valence electrons. The molecule has 1 amide bonds. The van der Waals surface area contributed by atoms with E-state index in [9.17, 15) is 13.6 Å². The SMILES string of the molecule is O=C1[C@H](CCCc2ccc(F)cc2)C(c2ccc(OCc3ccccc3)cc2)N1c1ccc(F)cc1. The van der Waals surface area contributed by atoms with Gasteiger partial charge in [-0.15, -0.1) is 0 Å². The fourth-order valence-corrected chi connectivity index (χ4v) is 4.78. The van der Waals surface area contributed by atoms with E-state index in [0.717, 1.165) is 35.3 Å². The van der Waals surface area contributed by atoms with Crippen LogP contribution in [0.25, 0.3) is 0 Å². The van der Waals surface area contributed by atoms with Gasteiger partial charge in [-0.25, -0.2) is 8.78 Å². The molecule has 1 fully saturated rings. The van der Waals surface area contributed by atoms with Crippen LogP contribution in [-0.2, 0) is 17.8 Å². The number of β-lactam (4-membered cyclic amide) rings is 1. The van der Waals surface area contributed by atoms with E-state index in [1.165, 1.54) is 24.3 Å². The van der Waals surface area contributed by atoms with Crippen molar-refractivity contribution in [2.24, 2.45) is 5.92 Å². The lowest BCUT2D eigenvalue weighted by Gasteiger charge is -2.47. The third-order valence-electron chi connectivity index (χ3n) is 6.68. The van der Waals surface area contributed by atoms with E-state index < -0.39 is 0 Å². The minimum absolute atomic E-state index is 0.0371. The number of hydrogen-bond donors (Lipinski definition) is 0. The van der Waals surface area contributed by atoms with Gasteiger partial charge in [-0.1, -0.05) is 54.6 Å². The Balaban J connectivity index is 1.30. The molecule has 1 aliphatic heterocycles. The molecule has 2 atom stereocenters. The maximum Gasteiger partial charge on any atom is 0.233 e. The zero-order valence-corrected chi connectivity index (χ0v) is 19.8. The summed E-state index contributed by atoms with van der Waals surface area (Å²) in [6.45, 7) is 0.482. The highest BCUT2D eigenvalue weighted by Gasteiger charge is 2.48. The van der Waals surface area contributed by atoms with Gasteiger partial charge >= 0.3 is 0 Å². The molecule has 1 unspecified atom stereocenters. The maximum absolute atomic E-state index is 13.5. The van der Waals surface area contributed by atoms with Gasteiger partial charge in [0.05, 0.1) is 12.0 Å². The highest BCUT2D eigenvalue weighted by Crippen LogP contribution is 2.46. The standard InChI is InChI=1S/C31H27F2NO2/c32-25-13-9-22(10-14-25)7-4-8-29-30(34(31(29)35)27-17-15-26(33)16-18-27)24-11-19-28(20-12-24)36-21-23-5-2-1-3-6-23/h1-3,5-6,9-20,29-30H,4,7-8,21H2/t29-,30?/m1/s1. The number of carbonyl (C=O) groups excluding carboxylic acids is 1. The van der Waals surface area contributed by atoms with E-state index in [4.69, 9.17) is 4.74 Å². The quantitative estimate of drug-likeness (QED) is 0.234. The summed E-state index contributed by atoms with van der Waals surface area (Å²) in [6, 6.07) is 30.2. The van der Waals surface area contributed by atoms with E-state index in [1.54, 1.807) is 29.2 Å². The first-order chi connectivity index (χ1) is 17.6. The topological polar surface area (TPSA) is 29.5 Å². The van der Waals surface area contributed by atoms with Crippen LogP contribution >= 0.6 is 0 Å². The van der Waals surface area contributed by atoms with Crippen LogP contribution < -0.4 is 9.64 Å². The van der Waals surface area contributed by atoms with E-state index in [1.807, 2.05) is 54.6 Å². The summed E-state index contributed by atoms with van der Waals surface area (Å²) in [5.74, 6) is 0.0364. The first-order valence-corrected chi connectivity index (χ1v) is 12.2. The molecule has 1 saturated heterocycles. The lowest BCUT2D eigenvalue weighted by Crippen LogP contribution is -2.55. The van der Waals surface area contributed by atoms with Crippen LogP contribution in [0, 0.1) is 17.6 Å². The largest absolute Gasteiger partial charge is 0.489 e. The van der Waals surface area contributed by atoms with Gasteiger partial charge in [0.1, 0.15) is 24.0 Å². The fraction of sp³-hybridized carbons (Fsp3) is 0.194. The second-order valence-electron chi connectivity index (χ2n) is 9.10. The summed E-state index contributed by atoms with van der Waals surface area (Å²) in [7, 11) is 0. The van der Waals surface area contributed by atoms with Gasteiger partial charge in [0.15, 0.2) is 0 Å². The van der Waals surface area contributed by atoms with Gasteiger partial charge in [-0.05, 0) is 84.5 Å². The Kier molecular flexibility index (Phi) is 7.08. The van der Waals surface area contributed by atoms with Gasteiger partial charge in [-0.3, -0.25) is 4.79 Å². The molecule has 0 saturated carbocycles. The second-order valence-corrected chi connectivity index (χ2v) is 9.10. The molecule has 0 radical (unpaired) electrons. The predicted molar refractivity (Wildman–Crippen MR) is 137 cm³/mol. The molecular weight excluding hydrogens is 456 g/mol. The Morgan fingerprint density at radius 3 is 2.03 bits per heavy atom. The lowest BCUT2D eigenvalue weighted by molar-refractivity contribution is -0.130. The van der Waals surface area contributed by atoms with Gasteiger partial charge in [0.2, 0.25) is 5.91 Å². The molecule has 1 aliphatic rings. The van der Waals surface area contributed by atoms with Crippen LogP contribution in [0.4, 0.5) is 14.5 Å². The molecule has 3 nitrogen and oxygen atoms in total. The van der Waals surface area contributed by atoms with Crippen molar-refractivity contribution in [1.82, 2.24) is 0 Å². The molecule has 36 heavy (non-hydrogen) atoms. The lowest BCUT2D eigenvalue weighted by atomic mass is 9.78. The van der Waals surface area contributed by atoms with Gasteiger partial charge in [0.25, 0.3) is 0 Å². The van der Waals surface area contributed by atoms with Crippen LogP contribution in [0.2, 0.25) is 0 Å². The molecule has 5 heteroatoms. The first-order valence-electron chi connectivity index (χ1n) is 12.2. The third-order valence-corrected chi connectivity index (χ3v) is 6.68. The number of nitrogens with zero attached hydrogens (tertiary/aromatic N) is 1. The highest BCUT2D eigenvalue weighted by molar-refractivity contribution is 6.03. The highest BCUT2D eigenvalue weighted by atomic mass is 19.1. The van der Waals surface area contributed by atoms with Crippen molar-refractivity contribution in [3.8, 4) is 5.75 Å². The molecule has 5 rings (SSSR count). The van der Waals surface area contributed by atoms with Crippen molar-refractivity contribution in [3.63, 3.8) is 0 Å². The molecule has 1 heterocycles. The maximum atomic E-state index is 13.5. The molecule has 0 N–H and O–H groups in total. The van der Waals surface area contributed by atoms with E-state index in [-0.39, 0.29) is 29.5 Å². The summed E-state index contributed by atoms with van der Waals surface area (Å²) < 4.78 is 32.6. The summed E-state index contributed by atoms with van der Waals surface area (Å²) >= 11 is 0. The van der Waals surface area contributed by atoms with Crippen LogP contribution in [0.3, 0.4) is 0 Å². The third kappa shape index (κ3) is 5.30. The van der Waals surface area contributed by atoms with Crippen LogP contribution in [-0.4, -0.2) is 5.91 Å². The zero-order valence-electron chi connectivity index (χ0n) is 19.8. The molecule has 0 bridgehead atoms. The van der Waals surface area contributed by atoms with E-state index in [0.29, 0.717) is 18.7 Å². The van der Waals surface area contributed by atoms with Crippen LogP contribution in [0.15, 0.2) is 103 Å². The van der Waals surface area contributed by atoms with Crippen molar-refractivity contribution in [2.75, 3.05) is 4.90 Å². The number of hydrogen-bond acceptors (Lipinski definition) is 2. The minimum Gasteiger partial charge on any atom is -0.489 e. The Morgan fingerprint density at radius 1 is 0.722 bits per heavy atom. The zero-order chi connectivity index (χ0) is 24.9. The van der Waals surface area contributed by atoms with E-state index in [2.05, 4.69) is 0 Å². The van der Waals surface area contributed by atoms with Crippen molar-refractivity contribution in [2.45, 2.75) is 31.9 Å². The number of anilines is 1. The minimum atomic E-state index is -0.334. The Bertz CT molecular complexity index is 1290. The van der Waals surface area contributed by atoms with Crippen molar-refractivity contribution in [1.29, 1.82) is 0 Å². The van der Waals surface area contributed by atoms with E-state index >= 15 is 0 Å². The molecule has 0 aliphatic carbocycles. The average Bonchev–Trinajstić information content (AvgIpc) is 2.91. The Labute approximate surface area is 210 Å². The normalized spacial score (nSPS) is 17.1. The van der Waals surface area contributed by atoms with Crippen LogP contribution in [0.1, 0.15) is 35.6 Å². The smallest absolute Gasteiger partial charge is 0.233 e. The first kappa shape index (κ1) is 23.7. The number of rotatable bonds is 9. The summed E-state index contributed by atoms with van der Waals surface area (Å²) in [5.41, 5.74) is 3.84. The monoisotopic (exact) mass is 483 g/mol. The molecule has 0 spiro atoms. The number of carbonyl (C=O) groups is 1. The molecule has 4 aromatic rings. The summed E-state index contributed by atoms with van der Waals surface area (Å²) in [6.07, 6.45) is 2.30. The molecule has 0 aromatic heterocycles.